The predicted octanol–water partition coefficient (Wildman–Crippen LogP) is 0.676. The molecule has 0 aliphatic carbocycles. The fourth-order valence-electron chi connectivity index (χ4n) is 2.21. The van der Waals surface area contributed by atoms with Gasteiger partial charge in [-0.3, -0.25) is 4.79 Å². The van der Waals surface area contributed by atoms with Crippen molar-refractivity contribution in [2.45, 2.75) is 31.8 Å². The Morgan fingerprint density at radius 1 is 1.33 bits per heavy atom. The van der Waals surface area contributed by atoms with Crippen molar-refractivity contribution >= 4 is 16.9 Å². The molecule has 2 aromatic rings. The van der Waals surface area contributed by atoms with Crippen LogP contribution in [0.5, 0.6) is 0 Å². The van der Waals surface area contributed by atoms with Crippen LogP contribution in [0.4, 0.5) is 0 Å². The number of hydrogen-bond donors (Lipinski definition) is 3. The van der Waals surface area contributed by atoms with E-state index in [4.69, 9.17) is 0 Å². The number of hydrogen-bond acceptors (Lipinski definition) is 4. The van der Waals surface area contributed by atoms with Crippen molar-refractivity contribution in [3.8, 4) is 0 Å². The first kappa shape index (κ1) is 15.5. The summed E-state index contributed by atoms with van der Waals surface area (Å²) in [5, 5.41) is 21.4. The van der Waals surface area contributed by atoms with E-state index in [1.807, 2.05) is 35.8 Å². The van der Waals surface area contributed by atoms with Crippen LogP contribution in [0.3, 0.4) is 0 Å². The van der Waals surface area contributed by atoms with Crippen LogP contribution in [0.25, 0.3) is 11.0 Å². The number of amides is 1. The van der Waals surface area contributed by atoms with Crippen molar-refractivity contribution in [1.29, 1.82) is 0 Å². The molecule has 0 bridgehead atoms. The van der Waals surface area contributed by atoms with Crippen LogP contribution in [0.1, 0.15) is 19.8 Å². The fourth-order valence-corrected chi connectivity index (χ4v) is 2.21. The topological polar surface area (TPSA) is 87.4 Å². The Labute approximate surface area is 123 Å². The molecule has 1 heterocycles. The van der Waals surface area contributed by atoms with Gasteiger partial charge in [-0.05, 0) is 18.6 Å². The number of aliphatic hydroxyl groups is 2. The van der Waals surface area contributed by atoms with E-state index in [0.29, 0.717) is 13.0 Å². The molecule has 3 N–H and O–H groups in total. The Hall–Kier alpha value is -1.92. The largest absolute Gasteiger partial charge is 0.394 e. The summed E-state index contributed by atoms with van der Waals surface area (Å²) in [4.78, 5) is 16.3. The molecule has 0 unspecified atom stereocenters. The number of benzene rings is 1. The zero-order valence-corrected chi connectivity index (χ0v) is 12.1. The third-order valence-corrected chi connectivity index (χ3v) is 3.79. The van der Waals surface area contributed by atoms with Crippen LogP contribution in [0.15, 0.2) is 30.6 Å². The minimum absolute atomic E-state index is 0.197. The number of aromatic nitrogens is 2. The second-order valence-electron chi connectivity index (χ2n) is 5.17. The molecule has 1 aromatic heterocycles. The standard InChI is InChI=1S/C15H21N3O3/c1-2-15(9-19,10-20)17-14(21)7-8-18-11-16-12-5-3-4-6-13(12)18/h3-6,11,19-20H,2,7-10H2,1H3,(H,17,21). The quantitative estimate of drug-likeness (QED) is 0.700. The highest BCUT2D eigenvalue weighted by Crippen LogP contribution is 2.13. The minimum Gasteiger partial charge on any atom is -0.394 e. The van der Waals surface area contributed by atoms with Gasteiger partial charge in [0, 0.05) is 13.0 Å². The van der Waals surface area contributed by atoms with Crippen LogP contribution in [-0.4, -0.2) is 44.4 Å². The Morgan fingerprint density at radius 3 is 2.71 bits per heavy atom. The zero-order chi connectivity index (χ0) is 15.3. The molecule has 21 heavy (non-hydrogen) atoms. The van der Waals surface area contributed by atoms with E-state index in [2.05, 4.69) is 10.3 Å². The van der Waals surface area contributed by atoms with Gasteiger partial charge in [0.1, 0.15) is 0 Å². The average Bonchev–Trinajstić information content (AvgIpc) is 2.94. The summed E-state index contributed by atoms with van der Waals surface area (Å²) in [6, 6.07) is 7.73. The number of fused-ring (bicyclic) bond motifs is 1. The number of aryl methyl sites for hydroxylation is 1. The average molecular weight is 291 g/mol. The molecule has 6 heteroatoms. The first-order valence-corrected chi connectivity index (χ1v) is 7.07. The van der Waals surface area contributed by atoms with E-state index < -0.39 is 5.54 Å². The van der Waals surface area contributed by atoms with Crippen LogP contribution < -0.4 is 5.32 Å². The molecule has 1 aromatic carbocycles. The maximum atomic E-state index is 12.0. The second kappa shape index (κ2) is 6.69. The van der Waals surface area contributed by atoms with Gasteiger partial charge in [-0.15, -0.1) is 0 Å². The number of nitrogens with one attached hydrogen (secondary N) is 1. The second-order valence-corrected chi connectivity index (χ2v) is 5.17. The van der Waals surface area contributed by atoms with E-state index in [0.717, 1.165) is 11.0 Å². The summed E-state index contributed by atoms with van der Waals surface area (Å²) in [5.41, 5.74) is 0.941. The van der Waals surface area contributed by atoms with Crippen molar-refractivity contribution in [2.75, 3.05) is 13.2 Å². The molecule has 0 fully saturated rings. The summed E-state index contributed by atoms with van der Waals surface area (Å²) >= 11 is 0. The Kier molecular flexibility index (Phi) is 4.93. The SMILES string of the molecule is CCC(CO)(CO)NC(=O)CCn1cnc2ccccc21. The molecular formula is C15H21N3O3. The maximum Gasteiger partial charge on any atom is 0.222 e. The maximum absolute atomic E-state index is 12.0. The molecule has 6 nitrogen and oxygen atoms in total. The number of rotatable bonds is 7. The minimum atomic E-state index is -0.936. The molecule has 2 rings (SSSR count). The van der Waals surface area contributed by atoms with Gasteiger partial charge in [-0.25, -0.2) is 4.98 Å². The van der Waals surface area contributed by atoms with Crippen molar-refractivity contribution in [2.24, 2.45) is 0 Å². The molecule has 114 valence electrons. The summed E-state index contributed by atoms with van der Waals surface area (Å²) in [6.07, 6.45) is 2.45. The summed E-state index contributed by atoms with van der Waals surface area (Å²) in [7, 11) is 0. The lowest BCUT2D eigenvalue weighted by atomic mass is 9.98. The highest BCUT2D eigenvalue weighted by molar-refractivity contribution is 5.78. The molecule has 0 radical (unpaired) electrons. The van der Waals surface area contributed by atoms with Crippen LogP contribution >= 0.6 is 0 Å². The molecule has 0 spiro atoms. The number of carbonyl (C=O) groups is 1. The van der Waals surface area contributed by atoms with E-state index in [-0.39, 0.29) is 25.5 Å². The normalized spacial score (nSPS) is 11.8. The van der Waals surface area contributed by atoms with Gasteiger partial charge in [0.05, 0.1) is 36.1 Å². The molecule has 0 aliphatic heterocycles. The molecule has 0 saturated heterocycles. The highest BCUT2D eigenvalue weighted by Gasteiger charge is 2.28. The van der Waals surface area contributed by atoms with Crippen LogP contribution in [0.2, 0.25) is 0 Å². The summed E-state index contributed by atoms with van der Waals surface area (Å²) in [5.74, 6) is -0.197. The van der Waals surface area contributed by atoms with E-state index in [1.165, 1.54) is 0 Å². The van der Waals surface area contributed by atoms with Gasteiger partial charge < -0.3 is 20.1 Å². The van der Waals surface area contributed by atoms with Crippen molar-refractivity contribution in [3.05, 3.63) is 30.6 Å². The van der Waals surface area contributed by atoms with Gasteiger partial charge in [0.2, 0.25) is 5.91 Å². The Bertz CT molecular complexity index is 597. The van der Waals surface area contributed by atoms with Crippen molar-refractivity contribution in [1.82, 2.24) is 14.9 Å². The first-order valence-electron chi connectivity index (χ1n) is 7.07. The monoisotopic (exact) mass is 291 g/mol. The van der Waals surface area contributed by atoms with Gasteiger partial charge in [0.25, 0.3) is 0 Å². The zero-order valence-electron chi connectivity index (χ0n) is 12.1. The highest BCUT2D eigenvalue weighted by atomic mass is 16.3. The van der Waals surface area contributed by atoms with E-state index in [9.17, 15) is 15.0 Å². The molecule has 0 aliphatic rings. The van der Waals surface area contributed by atoms with E-state index in [1.54, 1.807) is 6.33 Å². The van der Waals surface area contributed by atoms with Crippen molar-refractivity contribution in [3.63, 3.8) is 0 Å². The lowest BCUT2D eigenvalue weighted by molar-refractivity contribution is -0.124. The van der Waals surface area contributed by atoms with E-state index >= 15 is 0 Å². The van der Waals surface area contributed by atoms with Gasteiger partial charge in [-0.2, -0.15) is 0 Å². The molecule has 0 atom stereocenters. The van der Waals surface area contributed by atoms with Gasteiger partial charge in [-0.1, -0.05) is 19.1 Å². The Balaban J connectivity index is 1.98. The third kappa shape index (κ3) is 3.40. The third-order valence-electron chi connectivity index (χ3n) is 3.79. The predicted molar refractivity (Wildman–Crippen MR) is 79.7 cm³/mol. The smallest absolute Gasteiger partial charge is 0.222 e. The lowest BCUT2D eigenvalue weighted by Crippen LogP contribution is -2.53. The van der Waals surface area contributed by atoms with Crippen LogP contribution in [-0.2, 0) is 11.3 Å². The number of aliphatic hydroxyl groups excluding tert-OH is 2. The number of imidazole rings is 1. The molecule has 0 saturated carbocycles. The lowest BCUT2D eigenvalue weighted by Gasteiger charge is -2.29. The van der Waals surface area contributed by atoms with Gasteiger partial charge >= 0.3 is 0 Å². The number of carbonyl (C=O) groups excluding carboxylic acids is 1. The summed E-state index contributed by atoms with van der Waals surface area (Å²) < 4.78 is 1.92. The fraction of sp³-hybridized carbons (Fsp3) is 0.467. The molecule has 1 amide bonds. The van der Waals surface area contributed by atoms with Crippen molar-refractivity contribution < 1.29 is 15.0 Å². The number of para-hydroxylation sites is 2. The van der Waals surface area contributed by atoms with Crippen LogP contribution in [0, 0.1) is 0 Å². The number of nitrogens with zero attached hydrogens (tertiary/aromatic N) is 2. The Morgan fingerprint density at radius 2 is 2.05 bits per heavy atom. The first-order chi connectivity index (χ1) is 10.1. The molecular weight excluding hydrogens is 270 g/mol. The van der Waals surface area contributed by atoms with Gasteiger partial charge in [0.15, 0.2) is 0 Å². The summed E-state index contributed by atoms with van der Waals surface area (Å²) in [6.45, 7) is 1.76.